The van der Waals surface area contributed by atoms with Gasteiger partial charge in [-0.15, -0.1) is 0 Å². The van der Waals surface area contributed by atoms with Crippen LogP contribution in [0.25, 0.3) is 0 Å². The number of hydrogen-bond donors (Lipinski definition) is 2. The van der Waals surface area contributed by atoms with Gasteiger partial charge in [-0.3, -0.25) is 4.79 Å². The van der Waals surface area contributed by atoms with E-state index in [1.807, 2.05) is 0 Å². The van der Waals surface area contributed by atoms with E-state index < -0.39 is 5.60 Å². The Bertz CT molecular complexity index is 153. The Labute approximate surface area is 66.1 Å². The molecule has 0 aromatic carbocycles. The Hall–Kier alpha value is -0.610. The molecule has 64 valence electrons. The number of hydrogen-bond acceptors (Lipinski definition) is 3. The molecule has 3 N–H and O–H groups in total. The van der Waals surface area contributed by atoms with Crippen molar-refractivity contribution >= 4 is 5.91 Å². The Morgan fingerprint density at radius 2 is 2.09 bits per heavy atom. The van der Waals surface area contributed by atoms with Gasteiger partial charge in [0.1, 0.15) is 5.60 Å². The van der Waals surface area contributed by atoms with E-state index in [1.54, 1.807) is 0 Å². The van der Waals surface area contributed by atoms with E-state index in [2.05, 4.69) is 5.32 Å². The highest BCUT2D eigenvalue weighted by Crippen LogP contribution is 2.21. The van der Waals surface area contributed by atoms with Crippen LogP contribution in [0.3, 0.4) is 0 Å². The third kappa shape index (κ3) is 1.52. The van der Waals surface area contributed by atoms with Crippen molar-refractivity contribution in [2.45, 2.75) is 18.4 Å². The Morgan fingerprint density at radius 1 is 1.55 bits per heavy atom. The third-order valence-electron chi connectivity index (χ3n) is 2.25. The number of carbonyl (C=O) groups excluding carboxylic acids is 1. The SMILES string of the molecule is COC1(C(N)=O)CCNCC1. The molecule has 0 aromatic rings. The first-order valence-electron chi connectivity index (χ1n) is 3.77. The molecule has 0 bridgehead atoms. The molecule has 1 aliphatic rings. The van der Waals surface area contributed by atoms with Gasteiger partial charge in [0.25, 0.3) is 0 Å². The van der Waals surface area contributed by atoms with Crippen molar-refractivity contribution < 1.29 is 9.53 Å². The number of piperidine rings is 1. The molecular formula is C7H14N2O2. The van der Waals surface area contributed by atoms with Crippen LogP contribution in [-0.2, 0) is 9.53 Å². The lowest BCUT2D eigenvalue weighted by molar-refractivity contribution is -0.143. The van der Waals surface area contributed by atoms with Gasteiger partial charge in [-0.25, -0.2) is 0 Å². The molecule has 1 aliphatic heterocycles. The zero-order valence-electron chi connectivity index (χ0n) is 6.72. The standard InChI is InChI=1S/C7H14N2O2/c1-11-7(6(8)10)2-4-9-5-3-7/h9H,2-5H2,1H3,(H2,8,10). The number of carbonyl (C=O) groups is 1. The summed E-state index contributed by atoms with van der Waals surface area (Å²) in [7, 11) is 1.54. The summed E-state index contributed by atoms with van der Waals surface area (Å²) >= 11 is 0. The number of nitrogens with two attached hydrogens (primary N) is 1. The van der Waals surface area contributed by atoms with Crippen LogP contribution in [0.15, 0.2) is 0 Å². The Kier molecular flexibility index (Phi) is 2.46. The van der Waals surface area contributed by atoms with E-state index in [1.165, 1.54) is 7.11 Å². The summed E-state index contributed by atoms with van der Waals surface area (Å²) in [5, 5.41) is 3.14. The predicted molar refractivity (Wildman–Crippen MR) is 41.0 cm³/mol. The van der Waals surface area contributed by atoms with Crippen LogP contribution >= 0.6 is 0 Å². The fraction of sp³-hybridized carbons (Fsp3) is 0.857. The first-order chi connectivity index (χ1) is 5.21. The second-order valence-electron chi connectivity index (χ2n) is 2.81. The number of primary amides is 1. The zero-order chi connectivity index (χ0) is 8.32. The van der Waals surface area contributed by atoms with Crippen LogP contribution in [0, 0.1) is 0 Å². The number of rotatable bonds is 2. The maximum absolute atomic E-state index is 11.0. The van der Waals surface area contributed by atoms with Gasteiger partial charge in [-0.2, -0.15) is 0 Å². The third-order valence-corrected chi connectivity index (χ3v) is 2.25. The molecular weight excluding hydrogens is 144 g/mol. The predicted octanol–water partition coefficient (Wildman–Crippen LogP) is -0.760. The van der Waals surface area contributed by atoms with E-state index >= 15 is 0 Å². The van der Waals surface area contributed by atoms with Crippen molar-refractivity contribution in [3.05, 3.63) is 0 Å². The van der Waals surface area contributed by atoms with E-state index in [0.29, 0.717) is 12.8 Å². The highest BCUT2D eigenvalue weighted by atomic mass is 16.5. The van der Waals surface area contributed by atoms with Crippen LogP contribution < -0.4 is 11.1 Å². The van der Waals surface area contributed by atoms with Gasteiger partial charge in [0.2, 0.25) is 5.91 Å². The van der Waals surface area contributed by atoms with E-state index in [4.69, 9.17) is 10.5 Å². The normalized spacial score (nSPS) is 23.0. The molecule has 0 spiro atoms. The summed E-state index contributed by atoms with van der Waals surface area (Å²) in [5.41, 5.74) is 4.52. The molecule has 0 aromatic heterocycles. The molecule has 0 unspecified atom stereocenters. The highest BCUT2D eigenvalue weighted by molar-refractivity contribution is 5.83. The van der Waals surface area contributed by atoms with Crippen molar-refractivity contribution in [1.82, 2.24) is 5.32 Å². The first kappa shape index (κ1) is 8.49. The van der Waals surface area contributed by atoms with Gasteiger partial charge in [0.05, 0.1) is 0 Å². The molecule has 4 heteroatoms. The van der Waals surface area contributed by atoms with Gasteiger partial charge in [0.15, 0.2) is 0 Å². The van der Waals surface area contributed by atoms with Gasteiger partial charge in [0, 0.05) is 7.11 Å². The molecule has 1 fully saturated rings. The Balaban J connectivity index is 2.64. The fourth-order valence-electron chi connectivity index (χ4n) is 1.38. The lowest BCUT2D eigenvalue weighted by Gasteiger charge is -2.32. The van der Waals surface area contributed by atoms with E-state index in [9.17, 15) is 4.79 Å². The molecule has 1 amide bonds. The lowest BCUT2D eigenvalue weighted by atomic mass is 9.91. The number of methoxy groups -OCH3 is 1. The number of amides is 1. The van der Waals surface area contributed by atoms with Crippen molar-refractivity contribution in [2.75, 3.05) is 20.2 Å². The zero-order valence-corrected chi connectivity index (χ0v) is 6.72. The summed E-state index contributed by atoms with van der Waals surface area (Å²) in [4.78, 5) is 11.0. The largest absolute Gasteiger partial charge is 0.368 e. The topological polar surface area (TPSA) is 64.3 Å². The van der Waals surface area contributed by atoms with Gasteiger partial charge >= 0.3 is 0 Å². The smallest absolute Gasteiger partial charge is 0.249 e. The highest BCUT2D eigenvalue weighted by Gasteiger charge is 2.37. The van der Waals surface area contributed by atoms with Crippen LogP contribution in [0.5, 0.6) is 0 Å². The Morgan fingerprint density at radius 3 is 2.36 bits per heavy atom. The monoisotopic (exact) mass is 158 g/mol. The minimum absolute atomic E-state index is 0.346. The van der Waals surface area contributed by atoms with Crippen molar-refractivity contribution in [1.29, 1.82) is 0 Å². The molecule has 0 aliphatic carbocycles. The second-order valence-corrected chi connectivity index (χ2v) is 2.81. The second kappa shape index (κ2) is 3.19. The first-order valence-corrected chi connectivity index (χ1v) is 3.77. The van der Waals surface area contributed by atoms with Crippen LogP contribution in [0.2, 0.25) is 0 Å². The minimum Gasteiger partial charge on any atom is -0.368 e. The fourth-order valence-corrected chi connectivity index (χ4v) is 1.38. The van der Waals surface area contributed by atoms with E-state index in [0.717, 1.165) is 13.1 Å². The summed E-state index contributed by atoms with van der Waals surface area (Å²) in [6.07, 6.45) is 1.36. The van der Waals surface area contributed by atoms with Gasteiger partial charge in [-0.05, 0) is 25.9 Å². The molecule has 0 saturated carbocycles. The summed E-state index contributed by atoms with van der Waals surface area (Å²) < 4.78 is 5.13. The average molecular weight is 158 g/mol. The molecule has 0 radical (unpaired) electrons. The van der Waals surface area contributed by atoms with Crippen LogP contribution in [0.4, 0.5) is 0 Å². The number of ether oxygens (including phenoxy) is 1. The lowest BCUT2D eigenvalue weighted by Crippen LogP contribution is -2.52. The quantitative estimate of drug-likeness (QED) is 0.555. The average Bonchev–Trinajstić information content (AvgIpc) is 2.05. The summed E-state index contributed by atoms with van der Waals surface area (Å²) in [6, 6.07) is 0. The van der Waals surface area contributed by atoms with Crippen LogP contribution in [0.1, 0.15) is 12.8 Å². The molecule has 4 nitrogen and oxygen atoms in total. The van der Waals surface area contributed by atoms with Gasteiger partial charge in [-0.1, -0.05) is 0 Å². The maximum Gasteiger partial charge on any atom is 0.249 e. The number of nitrogens with one attached hydrogen (secondary N) is 1. The summed E-state index contributed by atoms with van der Waals surface area (Å²) in [5.74, 6) is -0.346. The van der Waals surface area contributed by atoms with Gasteiger partial charge < -0.3 is 15.8 Å². The molecule has 0 atom stereocenters. The summed E-state index contributed by atoms with van der Waals surface area (Å²) in [6.45, 7) is 1.60. The molecule has 1 saturated heterocycles. The van der Waals surface area contributed by atoms with Crippen molar-refractivity contribution in [2.24, 2.45) is 5.73 Å². The molecule has 11 heavy (non-hydrogen) atoms. The minimum atomic E-state index is -0.703. The van der Waals surface area contributed by atoms with Crippen molar-refractivity contribution in [3.63, 3.8) is 0 Å². The molecule has 1 rings (SSSR count). The molecule has 1 heterocycles. The van der Waals surface area contributed by atoms with E-state index in [-0.39, 0.29) is 5.91 Å². The van der Waals surface area contributed by atoms with Crippen molar-refractivity contribution in [3.8, 4) is 0 Å². The van der Waals surface area contributed by atoms with Crippen LogP contribution in [-0.4, -0.2) is 31.7 Å². The maximum atomic E-state index is 11.0.